The molecule has 0 aliphatic rings. The molecular weight excluding hydrogens is 244 g/mol. The minimum atomic E-state index is -0.465. The number of nitrogens with one attached hydrogen (secondary N) is 1. The van der Waals surface area contributed by atoms with E-state index in [4.69, 9.17) is 0 Å². The molecule has 0 saturated carbocycles. The molecule has 0 aliphatic carbocycles. The second-order valence-electron chi connectivity index (χ2n) is 3.49. The summed E-state index contributed by atoms with van der Waals surface area (Å²) in [6, 6.07) is 2.94. The van der Waals surface area contributed by atoms with Crippen LogP contribution in [-0.4, -0.2) is 15.3 Å². The zero-order valence-corrected chi connectivity index (χ0v) is 9.97. The zero-order chi connectivity index (χ0) is 12.3. The van der Waals surface area contributed by atoms with Crippen LogP contribution in [0.2, 0.25) is 0 Å². The third-order valence-corrected chi connectivity index (χ3v) is 2.84. The Bertz CT molecular complexity index is 487. The average molecular weight is 255 g/mol. The molecule has 1 aromatic heterocycles. The highest BCUT2D eigenvalue weighted by Crippen LogP contribution is 2.24. The molecule has 90 valence electrons. The number of benzene rings is 1. The lowest BCUT2D eigenvalue weighted by atomic mass is 10.0. The Morgan fingerprint density at radius 2 is 2.24 bits per heavy atom. The third-order valence-electron chi connectivity index (χ3n) is 2.35. The largest absolute Gasteiger partial charge is 0.305 e. The highest BCUT2D eigenvalue weighted by atomic mass is 32.1. The van der Waals surface area contributed by atoms with Crippen LogP contribution < -0.4 is 5.32 Å². The highest BCUT2D eigenvalue weighted by molar-refractivity contribution is 6.99. The quantitative estimate of drug-likeness (QED) is 0.912. The maximum atomic E-state index is 13.7. The molecule has 0 saturated heterocycles. The first kappa shape index (κ1) is 12.1. The van der Waals surface area contributed by atoms with E-state index in [1.165, 1.54) is 6.07 Å². The summed E-state index contributed by atoms with van der Waals surface area (Å²) in [6.45, 7) is 2.52. The molecule has 1 unspecified atom stereocenters. The number of nitrogens with zero attached hydrogens (tertiary/aromatic N) is 2. The molecule has 0 spiro atoms. The Morgan fingerprint density at radius 1 is 1.41 bits per heavy atom. The molecule has 17 heavy (non-hydrogen) atoms. The Hall–Kier alpha value is -1.40. The minimum Gasteiger partial charge on any atom is -0.305 e. The Morgan fingerprint density at radius 3 is 2.88 bits per heavy atom. The van der Waals surface area contributed by atoms with E-state index in [-0.39, 0.29) is 5.56 Å². The SMILES string of the molecule is CCNC(c1cnsn1)c1cc(F)ccc1F. The number of hydrogen-bond donors (Lipinski definition) is 1. The number of aromatic nitrogens is 2. The summed E-state index contributed by atoms with van der Waals surface area (Å²) in [5, 5.41) is 3.07. The second kappa shape index (κ2) is 5.29. The lowest BCUT2D eigenvalue weighted by molar-refractivity contribution is 0.540. The molecule has 1 heterocycles. The van der Waals surface area contributed by atoms with Gasteiger partial charge in [0.05, 0.1) is 29.7 Å². The third kappa shape index (κ3) is 2.65. The maximum absolute atomic E-state index is 13.7. The van der Waals surface area contributed by atoms with Gasteiger partial charge in [-0.3, -0.25) is 0 Å². The van der Waals surface area contributed by atoms with Crippen LogP contribution in [0.25, 0.3) is 0 Å². The van der Waals surface area contributed by atoms with E-state index in [9.17, 15) is 8.78 Å². The summed E-state index contributed by atoms with van der Waals surface area (Å²) in [5.41, 5.74) is 0.848. The molecule has 3 nitrogen and oxygen atoms in total. The molecule has 0 aliphatic heterocycles. The molecule has 0 amide bonds. The van der Waals surface area contributed by atoms with E-state index in [1.807, 2.05) is 6.92 Å². The lowest BCUT2D eigenvalue weighted by Gasteiger charge is -2.16. The van der Waals surface area contributed by atoms with Crippen LogP contribution in [0.4, 0.5) is 8.78 Å². The van der Waals surface area contributed by atoms with Crippen LogP contribution in [0.3, 0.4) is 0 Å². The van der Waals surface area contributed by atoms with Crippen molar-refractivity contribution in [2.75, 3.05) is 6.54 Å². The van der Waals surface area contributed by atoms with Crippen molar-refractivity contribution in [2.24, 2.45) is 0 Å². The van der Waals surface area contributed by atoms with Gasteiger partial charge in [-0.15, -0.1) is 0 Å². The van der Waals surface area contributed by atoms with Gasteiger partial charge in [-0.05, 0) is 24.7 Å². The lowest BCUT2D eigenvalue weighted by Crippen LogP contribution is -2.23. The van der Waals surface area contributed by atoms with Crippen LogP contribution in [0.15, 0.2) is 24.4 Å². The monoisotopic (exact) mass is 255 g/mol. The molecular formula is C11H11F2N3S. The summed E-state index contributed by atoms with van der Waals surface area (Å²) < 4.78 is 34.8. The molecule has 6 heteroatoms. The summed E-state index contributed by atoms with van der Waals surface area (Å²) >= 11 is 1.04. The number of hydrogen-bond acceptors (Lipinski definition) is 4. The van der Waals surface area contributed by atoms with Crippen molar-refractivity contribution in [3.63, 3.8) is 0 Å². The van der Waals surface area contributed by atoms with Gasteiger partial charge in [0.15, 0.2) is 0 Å². The van der Waals surface area contributed by atoms with Gasteiger partial charge in [-0.2, -0.15) is 8.75 Å². The first-order chi connectivity index (χ1) is 8.22. The van der Waals surface area contributed by atoms with Gasteiger partial charge in [0.25, 0.3) is 0 Å². The van der Waals surface area contributed by atoms with Crippen molar-refractivity contribution in [1.82, 2.24) is 14.1 Å². The van der Waals surface area contributed by atoms with E-state index >= 15 is 0 Å². The molecule has 0 fully saturated rings. The molecule has 1 N–H and O–H groups in total. The van der Waals surface area contributed by atoms with Crippen LogP contribution in [0.5, 0.6) is 0 Å². The Balaban J connectivity index is 2.42. The van der Waals surface area contributed by atoms with Crippen LogP contribution in [0, 0.1) is 11.6 Å². The molecule has 1 aromatic carbocycles. The standard InChI is InChI=1S/C11H11F2N3S/c1-2-14-11(10-6-15-17-16-10)8-5-7(12)3-4-9(8)13/h3-6,11,14H,2H2,1H3. The minimum absolute atomic E-state index is 0.250. The van der Waals surface area contributed by atoms with Crippen LogP contribution in [0.1, 0.15) is 24.2 Å². The van der Waals surface area contributed by atoms with E-state index in [0.717, 1.165) is 23.9 Å². The van der Waals surface area contributed by atoms with Crippen molar-refractivity contribution in [1.29, 1.82) is 0 Å². The summed E-state index contributed by atoms with van der Waals surface area (Å²) in [4.78, 5) is 0. The van der Waals surface area contributed by atoms with Crippen molar-refractivity contribution in [2.45, 2.75) is 13.0 Å². The molecule has 0 bridgehead atoms. The molecule has 2 aromatic rings. The van der Waals surface area contributed by atoms with Crippen molar-refractivity contribution >= 4 is 11.7 Å². The van der Waals surface area contributed by atoms with Crippen LogP contribution >= 0.6 is 11.7 Å². The summed E-state index contributed by atoms with van der Waals surface area (Å²) in [6.07, 6.45) is 1.56. The Labute approximate surface area is 102 Å². The van der Waals surface area contributed by atoms with Gasteiger partial charge in [0.1, 0.15) is 11.6 Å². The van der Waals surface area contributed by atoms with Gasteiger partial charge >= 0.3 is 0 Å². The predicted octanol–water partition coefficient (Wildman–Crippen LogP) is 2.52. The fourth-order valence-corrected chi connectivity index (χ4v) is 2.06. The molecule has 0 radical (unpaired) electrons. The first-order valence-electron chi connectivity index (χ1n) is 5.18. The summed E-state index contributed by atoms with van der Waals surface area (Å²) in [7, 11) is 0. The highest BCUT2D eigenvalue weighted by Gasteiger charge is 2.19. The van der Waals surface area contributed by atoms with E-state index in [2.05, 4.69) is 14.1 Å². The van der Waals surface area contributed by atoms with Crippen LogP contribution in [-0.2, 0) is 0 Å². The summed E-state index contributed by atoms with van der Waals surface area (Å²) in [5.74, 6) is -0.919. The maximum Gasteiger partial charge on any atom is 0.128 e. The van der Waals surface area contributed by atoms with E-state index in [1.54, 1.807) is 6.20 Å². The van der Waals surface area contributed by atoms with Crippen molar-refractivity contribution < 1.29 is 8.78 Å². The predicted molar refractivity (Wildman–Crippen MR) is 61.8 cm³/mol. The first-order valence-corrected chi connectivity index (χ1v) is 5.91. The van der Waals surface area contributed by atoms with Gasteiger partial charge in [0, 0.05) is 5.56 Å². The average Bonchev–Trinajstić information content (AvgIpc) is 2.83. The topological polar surface area (TPSA) is 37.8 Å². The van der Waals surface area contributed by atoms with Gasteiger partial charge in [0.2, 0.25) is 0 Å². The van der Waals surface area contributed by atoms with Crippen molar-refractivity contribution in [3.05, 3.63) is 47.3 Å². The van der Waals surface area contributed by atoms with Gasteiger partial charge in [-0.25, -0.2) is 8.78 Å². The normalized spacial score (nSPS) is 12.6. The fourth-order valence-electron chi connectivity index (χ4n) is 1.61. The number of rotatable bonds is 4. The van der Waals surface area contributed by atoms with Crippen molar-refractivity contribution in [3.8, 4) is 0 Å². The number of halogens is 2. The van der Waals surface area contributed by atoms with Gasteiger partial charge < -0.3 is 5.32 Å². The van der Waals surface area contributed by atoms with E-state index < -0.39 is 17.7 Å². The Kier molecular flexibility index (Phi) is 3.75. The second-order valence-corrected chi connectivity index (χ2v) is 4.05. The molecule has 2 rings (SSSR count). The van der Waals surface area contributed by atoms with E-state index in [0.29, 0.717) is 12.2 Å². The van der Waals surface area contributed by atoms with Gasteiger partial charge in [-0.1, -0.05) is 6.92 Å². The molecule has 1 atom stereocenters. The smallest absolute Gasteiger partial charge is 0.128 e. The zero-order valence-electron chi connectivity index (χ0n) is 9.15. The fraction of sp³-hybridized carbons (Fsp3) is 0.273.